The zero-order chi connectivity index (χ0) is 22.2. The molecule has 0 fully saturated rings. The van der Waals surface area contributed by atoms with Crippen LogP contribution in [0, 0.1) is 6.92 Å². The lowest BCUT2D eigenvalue weighted by molar-refractivity contribution is 0.0944. The maximum Gasteiger partial charge on any atom is 0.277 e. The van der Waals surface area contributed by atoms with Crippen LogP contribution in [0.5, 0.6) is 11.5 Å². The molecule has 9 nitrogen and oxygen atoms in total. The third-order valence-corrected chi connectivity index (χ3v) is 4.83. The highest BCUT2D eigenvalue weighted by Gasteiger charge is 2.15. The lowest BCUT2D eigenvalue weighted by Crippen LogP contribution is -2.32. The van der Waals surface area contributed by atoms with Crippen LogP contribution in [0.3, 0.4) is 0 Å². The monoisotopic (exact) mass is 445 g/mol. The largest absolute Gasteiger partial charge is 0.493 e. The maximum atomic E-state index is 11.9. The third kappa shape index (κ3) is 6.09. The van der Waals surface area contributed by atoms with E-state index in [4.69, 9.17) is 26.8 Å². The number of amides is 1. The van der Waals surface area contributed by atoms with Gasteiger partial charge in [0.2, 0.25) is 11.5 Å². The van der Waals surface area contributed by atoms with Gasteiger partial charge in [0.25, 0.3) is 5.91 Å². The van der Waals surface area contributed by atoms with Crippen LogP contribution in [0.1, 0.15) is 27.2 Å². The number of nitrogens with zero attached hydrogens (tertiary/aromatic N) is 2. The number of methoxy groups -OCH3 is 1. The number of nitrogens with one attached hydrogen (secondary N) is 2. The molecule has 0 spiro atoms. The van der Waals surface area contributed by atoms with E-state index in [1.807, 2.05) is 37.3 Å². The highest BCUT2D eigenvalue weighted by molar-refractivity contribution is 6.31. The Labute approximate surface area is 184 Å². The molecule has 1 aromatic heterocycles. The van der Waals surface area contributed by atoms with E-state index in [0.29, 0.717) is 42.8 Å². The Hall–Kier alpha value is -3.30. The fourth-order valence-corrected chi connectivity index (χ4v) is 2.98. The topological polar surface area (TPSA) is 125 Å². The lowest BCUT2D eigenvalue weighted by Gasteiger charge is -2.14. The van der Waals surface area contributed by atoms with Crippen LogP contribution in [0.25, 0.3) is 0 Å². The minimum Gasteiger partial charge on any atom is -0.493 e. The van der Waals surface area contributed by atoms with Crippen molar-refractivity contribution in [1.29, 1.82) is 0 Å². The van der Waals surface area contributed by atoms with E-state index in [-0.39, 0.29) is 11.5 Å². The third-order valence-electron chi connectivity index (χ3n) is 4.48. The average Bonchev–Trinajstić information content (AvgIpc) is 3.20. The summed E-state index contributed by atoms with van der Waals surface area (Å²) in [4.78, 5) is 11.9. The summed E-state index contributed by atoms with van der Waals surface area (Å²) in [5, 5.41) is 13.3. The molecule has 0 aliphatic carbocycles. The molecule has 2 aromatic carbocycles. The van der Waals surface area contributed by atoms with Gasteiger partial charge in [-0.05, 0) is 34.4 Å². The van der Waals surface area contributed by atoms with E-state index in [1.54, 1.807) is 13.2 Å². The minimum absolute atomic E-state index is 0.0333. The van der Waals surface area contributed by atoms with Gasteiger partial charge < -0.3 is 25.8 Å². The van der Waals surface area contributed by atoms with Crippen LogP contribution >= 0.6 is 11.6 Å². The summed E-state index contributed by atoms with van der Waals surface area (Å²) in [6.07, 6.45) is 0. The highest BCUT2D eigenvalue weighted by atomic mass is 35.5. The normalized spacial score (nSPS) is 10.7. The van der Waals surface area contributed by atoms with Crippen LogP contribution in [-0.2, 0) is 13.2 Å². The predicted molar refractivity (Wildman–Crippen MR) is 116 cm³/mol. The first-order valence-corrected chi connectivity index (χ1v) is 9.97. The molecule has 0 aliphatic rings. The Bertz CT molecular complexity index is 1020. The molecule has 0 radical (unpaired) electrons. The summed E-state index contributed by atoms with van der Waals surface area (Å²) in [6, 6.07) is 11.7. The number of nitrogens with two attached hydrogens (primary N) is 1. The van der Waals surface area contributed by atoms with E-state index in [9.17, 15) is 4.79 Å². The Kier molecular flexibility index (Phi) is 7.69. The molecular formula is C21H24ClN5O4. The van der Waals surface area contributed by atoms with Gasteiger partial charge in [-0.2, -0.15) is 0 Å². The van der Waals surface area contributed by atoms with Gasteiger partial charge in [-0.15, -0.1) is 0 Å². The molecule has 4 N–H and O–H groups in total. The quantitative estimate of drug-likeness (QED) is 0.407. The fraction of sp³-hybridized carbons (Fsp3) is 0.286. The van der Waals surface area contributed by atoms with Crippen molar-refractivity contribution in [2.75, 3.05) is 25.9 Å². The first-order valence-electron chi connectivity index (χ1n) is 9.59. The molecule has 0 saturated heterocycles. The van der Waals surface area contributed by atoms with Crippen molar-refractivity contribution in [2.45, 2.75) is 20.1 Å². The summed E-state index contributed by atoms with van der Waals surface area (Å²) in [5.74, 6) is 0.669. The van der Waals surface area contributed by atoms with Crippen molar-refractivity contribution in [2.24, 2.45) is 0 Å². The van der Waals surface area contributed by atoms with Crippen LogP contribution in [0.15, 0.2) is 41.0 Å². The fourth-order valence-electron chi connectivity index (χ4n) is 2.75. The Morgan fingerprint density at radius 1 is 1.16 bits per heavy atom. The molecule has 0 atom stereocenters. The van der Waals surface area contributed by atoms with Crippen molar-refractivity contribution in [1.82, 2.24) is 20.9 Å². The highest BCUT2D eigenvalue weighted by Crippen LogP contribution is 2.34. The standard InChI is InChI=1S/C21H24ClN5O4/c1-13-3-5-14(6-4-13)12-30-18-10-16(22)15(9-17(18)29-2)11-24-7-8-25-21(28)19-20(23)27-31-26-19/h3-6,9-10,24H,7-8,11-12H2,1-2H3,(H2,23,27)(H,25,28). The summed E-state index contributed by atoms with van der Waals surface area (Å²) in [7, 11) is 1.58. The lowest BCUT2D eigenvalue weighted by atomic mass is 10.1. The predicted octanol–water partition coefficient (Wildman–Crippen LogP) is 2.72. The number of aryl methyl sites for hydroxylation is 1. The Morgan fingerprint density at radius 2 is 1.94 bits per heavy atom. The van der Waals surface area contributed by atoms with E-state index in [1.165, 1.54) is 5.56 Å². The van der Waals surface area contributed by atoms with E-state index >= 15 is 0 Å². The summed E-state index contributed by atoms with van der Waals surface area (Å²) < 4.78 is 15.8. The maximum absolute atomic E-state index is 11.9. The van der Waals surface area contributed by atoms with Crippen molar-refractivity contribution in [3.63, 3.8) is 0 Å². The van der Waals surface area contributed by atoms with Gasteiger partial charge in [0.15, 0.2) is 11.5 Å². The van der Waals surface area contributed by atoms with E-state index in [0.717, 1.165) is 11.1 Å². The molecule has 0 unspecified atom stereocenters. The molecule has 1 heterocycles. The summed E-state index contributed by atoms with van der Waals surface area (Å²) >= 11 is 6.42. The molecule has 1 amide bonds. The zero-order valence-corrected chi connectivity index (χ0v) is 18.0. The van der Waals surface area contributed by atoms with Gasteiger partial charge in [-0.1, -0.05) is 41.4 Å². The number of carbonyl (C=O) groups excluding carboxylic acids is 1. The number of hydrogen-bond acceptors (Lipinski definition) is 8. The van der Waals surface area contributed by atoms with Crippen LogP contribution in [0.2, 0.25) is 5.02 Å². The first-order chi connectivity index (χ1) is 15.0. The number of nitrogen functional groups attached to an aromatic ring is 1. The van der Waals surface area contributed by atoms with Gasteiger partial charge >= 0.3 is 0 Å². The van der Waals surface area contributed by atoms with Crippen LogP contribution in [-0.4, -0.2) is 36.4 Å². The van der Waals surface area contributed by atoms with Crippen molar-refractivity contribution in [3.05, 3.63) is 63.8 Å². The van der Waals surface area contributed by atoms with Crippen molar-refractivity contribution < 1.29 is 18.9 Å². The number of rotatable bonds is 10. The number of anilines is 1. The number of hydrogen-bond donors (Lipinski definition) is 3. The smallest absolute Gasteiger partial charge is 0.277 e. The number of halogens is 1. The molecule has 0 aliphatic heterocycles. The van der Waals surface area contributed by atoms with Crippen molar-refractivity contribution in [3.8, 4) is 11.5 Å². The number of aromatic nitrogens is 2. The number of ether oxygens (including phenoxy) is 2. The molecule has 31 heavy (non-hydrogen) atoms. The van der Waals surface area contributed by atoms with Crippen molar-refractivity contribution >= 4 is 23.3 Å². The number of carbonyl (C=O) groups is 1. The van der Waals surface area contributed by atoms with Gasteiger partial charge in [-0.3, -0.25) is 4.79 Å². The zero-order valence-electron chi connectivity index (χ0n) is 17.3. The molecule has 0 bridgehead atoms. The molecule has 3 aromatic rings. The van der Waals surface area contributed by atoms with Crippen LogP contribution in [0.4, 0.5) is 5.82 Å². The average molecular weight is 446 g/mol. The van der Waals surface area contributed by atoms with Gasteiger partial charge in [0.05, 0.1) is 7.11 Å². The van der Waals surface area contributed by atoms with E-state index in [2.05, 4.69) is 25.6 Å². The molecule has 10 heteroatoms. The van der Waals surface area contributed by atoms with E-state index < -0.39 is 5.91 Å². The summed E-state index contributed by atoms with van der Waals surface area (Å²) in [5.41, 5.74) is 8.55. The SMILES string of the molecule is COc1cc(CNCCNC(=O)c2nonc2N)c(Cl)cc1OCc1ccc(C)cc1. The second-order valence-corrected chi connectivity index (χ2v) is 7.21. The Balaban J connectivity index is 1.50. The Morgan fingerprint density at radius 3 is 2.61 bits per heavy atom. The second-order valence-electron chi connectivity index (χ2n) is 6.80. The minimum atomic E-state index is -0.449. The second kappa shape index (κ2) is 10.6. The van der Waals surface area contributed by atoms with Gasteiger partial charge in [0, 0.05) is 30.7 Å². The molecule has 3 rings (SSSR count). The number of benzene rings is 2. The van der Waals surface area contributed by atoms with Gasteiger partial charge in [0.1, 0.15) is 6.61 Å². The molecule has 164 valence electrons. The van der Waals surface area contributed by atoms with Gasteiger partial charge in [-0.25, -0.2) is 4.63 Å². The molecule has 0 saturated carbocycles. The molecular weight excluding hydrogens is 422 g/mol. The summed E-state index contributed by atoms with van der Waals surface area (Å²) in [6.45, 7) is 3.80. The first kappa shape index (κ1) is 22.4. The van der Waals surface area contributed by atoms with Crippen LogP contribution < -0.4 is 25.8 Å².